The maximum Gasteiger partial charge on any atom is 0.250 e. The summed E-state index contributed by atoms with van der Waals surface area (Å²) in [5, 5.41) is 16.2. The monoisotopic (exact) mass is 405 g/mol. The first kappa shape index (κ1) is 20.3. The van der Waals surface area contributed by atoms with Gasteiger partial charge in [-0.25, -0.2) is 4.98 Å². The molecule has 30 heavy (non-hydrogen) atoms. The lowest BCUT2D eigenvalue weighted by Crippen LogP contribution is -2.41. The Bertz CT molecular complexity index is 1030. The predicted molar refractivity (Wildman–Crippen MR) is 117 cm³/mol. The number of nitrogens with one attached hydrogen (secondary N) is 1. The second-order valence-corrected chi connectivity index (χ2v) is 8.01. The second kappa shape index (κ2) is 8.81. The molecule has 0 bridgehead atoms. The van der Waals surface area contributed by atoms with E-state index in [1.165, 1.54) is 12.6 Å². The molecule has 1 saturated carbocycles. The van der Waals surface area contributed by atoms with Crippen molar-refractivity contribution >= 4 is 16.7 Å². The van der Waals surface area contributed by atoms with E-state index in [-0.39, 0.29) is 0 Å². The molecule has 1 aliphatic rings. The molecule has 1 aromatic heterocycles. The fraction of sp³-hybridized carbons (Fsp3) is 0.333. The highest BCUT2D eigenvalue weighted by molar-refractivity contribution is 5.92. The summed E-state index contributed by atoms with van der Waals surface area (Å²) in [7, 11) is 0. The lowest BCUT2D eigenvalue weighted by molar-refractivity contribution is 0.00469. The molecule has 2 aromatic carbocycles. The molecule has 156 valence electrons. The number of ether oxygens (including phenoxy) is 1. The van der Waals surface area contributed by atoms with E-state index in [1.807, 2.05) is 30.3 Å². The summed E-state index contributed by atoms with van der Waals surface area (Å²) < 4.78 is 5.97. The highest BCUT2D eigenvalue weighted by atomic mass is 16.5. The summed E-state index contributed by atoms with van der Waals surface area (Å²) in [4.78, 5) is 15.4. The molecular weight excluding hydrogens is 378 g/mol. The molecule has 1 aliphatic carbocycles. The van der Waals surface area contributed by atoms with E-state index < -0.39 is 11.5 Å². The van der Waals surface area contributed by atoms with Gasteiger partial charge in [-0.2, -0.15) is 0 Å². The van der Waals surface area contributed by atoms with Crippen molar-refractivity contribution in [3.05, 3.63) is 65.9 Å². The zero-order chi connectivity index (χ0) is 21.0. The maximum absolute atomic E-state index is 11.2. The van der Waals surface area contributed by atoms with E-state index in [4.69, 9.17) is 10.5 Å². The van der Waals surface area contributed by atoms with Gasteiger partial charge < -0.3 is 20.9 Å². The Morgan fingerprint density at radius 2 is 1.83 bits per heavy atom. The smallest absolute Gasteiger partial charge is 0.250 e. The lowest BCUT2D eigenvalue weighted by atomic mass is 9.85. The fourth-order valence-corrected chi connectivity index (χ4v) is 4.09. The highest BCUT2D eigenvalue weighted by Crippen LogP contribution is 2.32. The van der Waals surface area contributed by atoms with E-state index in [0.29, 0.717) is 30.3 Å². The largest absolute Gasteiger partial charge is 0.438 e. The first-order valence-corrected chi connectivity index (χ1v) is 10.4. The molecule has 6 heteroatoms. The molecule has 0 saturated heterocycles. The number of aliphatic hydroxyl groups is 1. The van der Waals surface area contributed by atoms with E-state index in [9.17, 15) is 9.90 Å². The zero-order valence-corrected chi connectivity index (χ0v) is 16.9. The summed E-state index contributed by atoms with van der Waals surface area (Å²) in [5.41, 5.74) is 6.17. The number of pyridine rings is 1. The Morgan fingerprint density at radius 1 is 1.07 bits per heavy atom. The number of hydrogen-bond acceptors (Lipinski definition) is 5. The standard InChI is InChI=1S/C24H27N3O3/c25-23(28)18-9-11-22(27-15-18)30-21-10-8-17(19-6-2-3-7-20(19)21)14-26-16-24(29)12-4-1-5-13-24/h2-3,6-11,15,26,29H,1,4-5,12-14,16H2,(H2,25,28). The lowest BCUT2D eigenvalue weighted by Gasteiger charge is -2.32. The third-order valence-electron chi connectivity index (χ3n) is 5.76. The number of hydrogen-bond donors (Lipinski definition) is 3. The van der Waals surface area contributed by atoms with Crippen LogP contribution < -0.4 is 15.8 Å². The van der Waals surface area contributed by atoms with E-state index in [1.54, 1.807) is 12.1 Å². The predicted octanol–water partition coefficient (Wildman–Crippen LogP) is 3.91. The molecule has 0 atom stereocenters. The van der Waals surface area contributed by atoms with Crippen LogP contribution in [0.15, 0.2) is 54.7 Å². The quantitative estimate of drug-likeness (QED) is 0.554. The van der Waals surface area contributed by atoms with Crippen LogP contribution in [0.25, 0.3) is 10.8 Å². The van der Waals surface area contributed by atoms with E-state index in [0.717, 1.165) is 42.0 Å². The van der Waals surface area contributed by atoms with Crippen LogP contribution in [0, 0.1) is 0 Å². The summed E-state index contributed by atoms with van der Waals surface area (Å²) in [5.74, 6) is 0.573. The van der Waals surface area contributed by atoms with Gasteiger partial charge in [0, 0.05) is 30.7 Å². The first-order valence-electron chi connectivity index (χ1n) is 10.4. The molecule has 0 aliphatic heterocycles. The number of nitrogens with zero attached hydrogens (tertiary/aromatic N) is 1. The normalized spacial score (nSPS) is 15.8. The number of aromatic nitrogens is 1. The van der Waals surface area contributed by atoms with E-state index >= 15 is 0 Å². The van der Waals surface area contributed by atoms with Crippen LogP contribution in [0.1, 0.15) is 48.0 Å². The van der Waals surface area contributed by atoms with Gasteiger partial charge in [0.2, 0.25) is 11.8 Å². The Morgan fingerprint density at radius 3 is 2.53 bits per heavy atom. The van der Waals surface area contributed by atoms with Gasteiger partial charge in [-0.1, -0.05) is 49.6 Å². The van der Waals surface area contributed by atoms with Crippen molar-refractivity contribution in [2.24, 2.45) is 5.73 Å². The van der Waals surface area contributed by atoms with Crippen molar-refractivity contribution < 1.29 is 14.6 Å². The molecule has 1 amide bonds. The van der Waals surface area contributed by atoms with Crippen LogP contribution in [0.3, 0.4) is 0 Å². The van der Waals surface area contributed by atoms with Gasteiger partial charge in [-0.05, 0) is 35.9 Å². The van der Waals surface area contributed by atoms with Crippen LogP contribution in [0.2, 0.25) is 0 Å². The second-order valence-electron chi connectivity index (χ2n) is 8.01. The molecule has 1 heterocycles. The van der Waals surface area contributed by atoms with Gasteiger partial charge in [0.1, 0.15) is 5.75 Å². The Labute approximate surface area is 176 Å². The molecule has 3 aromatic rings. The zero-order valence-electron chi connectivity index (χ0n) is 16.9. The average Bonchev–Trinajstić information content (AvgIpc) is 2.76. The number of fused-ring (bicyclic) bond motifs is 1. The van der Waals surface area contributed by atoms with Gasteiger partial charge in [-0.15, -0.1) is 0 Å². The van der Waals surface area contributed by atoms with Crippen molar-refractivity contribution in [3.8, 4) is 11.6 Å². The Hall–Kier alpha value is -2.96. The van der Waals surface area contributed by atoms with E-state index in [2.05, 4.69) is 16.4 Å². The number of nitrogens with two attached hydrogens (primary N) is 1. The summed E-state index contributed by atoms with van der Waals surface area (Å²) in [6, 6.07) is 15.3. The Balaban J connectivity index is 1.50. The van der Waals surface area contributed by atoms with Gasteiger partial charge in [-0.3, -0.25) is 4.79 Å². The fourth-order valence-electron chi connectivity index (χ4n) is 4.09. The third-order valence-corrected chi connectivity index (χ3v) is 5.76. The Kier molecular flexibility index (Phi) is 5.97. The minimum absolute atomic E-state index is 0.341. The van der Waals surface area contributed by atoms with Gasteiger partial charge in [0.15, 0.2) is 0 Å². The highest BCUT2D eigenvalue weighted by Gasteiger charge is 2.28. The number of primary amides is 1. The third kappa shape index (κ3) is 4.61. The van der Waals surface area contributed by atoms with Crippen molar-refractivity contribution in [2.45, 2.75) is 44.2 Å². The molecular formula is C24H27N3O3. The summed E-state index contributed by atoms with van der Waals surface area (Å²) >= 11 is 0. The number of benzene rings is 2. The van der Waals surface area contributed by atoms with Gasteiger partial charge in [0.25, 0.3) is 0 Å². The van der Waals surface area contributed by atoms with Crippen LogP contribution >= 0.6 is 0 Å². The number of carbonyl (C=O) groups excluding carboxylic acids is 1. The van der Waals surface area contributed by atoms with Crippen molar-refractivity contribution in [3.63, 3.8) is 0 Å². The van der Waals surface area contributed by atoms with Gasteiger partial charge in [0.05, 0.1) is 11.2 Å². The minimum Gasteiger partial charge on any atom is -0.438 e. The molecule has 1 fully saturated rings. The topological polar surface area (TPSA) is 97.5 Å². The molecule has 0 radical (unpaired) electrons. The molecule has 4 rings (SSSR count). The minimum atomic E-state index is -0.583. The molecule has 6 nitrogen and oxygen atoms in total. The number of rotatable bonds is 7. The molecule has 4 N–H and O–H groups in total. The molecule has 0 unspecified atom stereocenters. The van der Waals surface area contributed by atoms with Crippen LogP contribution in [-0.2, 0) is 6.54 Å². The summed E-state index contributed by atoms with van der Waals surface area (Å²) in [6.45, 7) is 1.28. The van der Waals surface area contributed by atoms with Gasteiger partial charge >= 0.3 is 0 Å². The first-order chi connectivity index (χ1) is 14.5. The van der Waals surface area contributed by atoms with Crippen LogP contribution in [0.4, 0.5) is 0 Å². The molecule has 0 spiro atoms. The summed E-state index contributed by atoms with van der Waals surface area (Å²) in [6.07, 6.45) is 6.57. The van der Waals surface area contributed by atoms with Crippen LogP contribution in [0.5, 0.6) is 11.6 Å². The van der Waals surface area contributed by atoms with Crippen molar-refractivity contribution in [1.82, 2.24) is 10.3 Å². The SMILES string of the molecule is NC(=O)c1ccc(Oc2ccc(CNCC3(O)CCCCC3)c3ccccc23)nc1. The van der Waals surface area contributed by atoms with Crippen molar-refractivity contribution in [2.75, 3.05) is 6.54 Å². The van der Waals surface area contributed by atoms with Crippen molar-refractivity contribution in [1.29, 1.82) is 0 Å². The average molecular weight is 405 g/mol. The number of carbonyl (C=O) groups is 1. The number of amides is 1. The van der Waals surface area contributed by atoms with Crippen LogP contribution in [-0.4, -0.2) is 28.1 Å². The maximum atomic E-state index is 11.2.